The van der Waals surface area contributed by atoms with E-state index < -0.39 is 0 Å². The van der Waals surface area contributed by atoms with E-state index >= 15 is 0 Å². The molecule has 0 heterocycles. The number of benzene rings is 2. The molecule has 0 radical (unpaired) electrons. The third-order valence-electron chi connectivity index (χ3n) is 5.02. The van der Waals surface area contributed by atoms with Crippen LogP contribution in [-0.2, 0) is 11.2 Å². The Bertz CT molecular complexity index is 711. The van der Waals surface area contributed by atoms with E-state index in [0.29, 0.717) is 25.4 Å². The van der Waals surface area contributed by atoms with E-state index in [1.165, 1.54) is 19.3 Å². The zero-order valence-electron chi connectivity index (χ0n) is 15.1. The van der Waals surface area contributed by atoms with E-state index in [1.807, 2.05) is 36.4 Å². The Kier molecular flexibility index (Phi) is 6.64. The highest BCUT2D eigenvalue weighted by atomic mass is 19.1. The summed E-state index contributed by atoms with van der Waals surface area (Å²) in [5, 5.41) is 6.20. The first-order chi connectivity index (χ1) is 12.7. The van der Waals surface area contributed by atoms with Crippen molar-refractivity contribution < 1.29 is 9.18 Å². The number of hydrogen-bond donors (Lipinski definition) is 2. The highest BCUT2D eigenvalue weighted by Crippen LogP contribution is 2.35. The molecule has 0 spiro atoms. The van der Waals surface area contributed by atoms with Gasteiger partial charge in [0.25, 0.3) is 0 Å². The number of rotatable bonds is 7. The summed E-state index contributed by atoms with van der Waals surface area (Å²) in [6, 6.07) is 15.0. The summed E-state index contributed by atoms with van der Waals surface area (Å²) >= 11 is 0. The fourth-order valence-electron chi connectivity index (χ4n) is 3.63. The zero-order valence-corrected chi connectivity index (χ0v) is 15.1. The molecular weight excluding hydrogens is 327 g/mol. The second-order valence-electron chi connectivity index (χ2n) is 7.01. The third-order valence-corrected chi connectivity index (χ3v) is 5.02. The van der Waals surface area contributed by atoms with Crippen LogP contribution < -0.4 is 10.6 Å². The number of halogens is 1. The van der Waals surface area contributed by atoms with Gasteiger partial charge in [0.05, 0.1) is 6.42 Å². The van der Waals surface area contributed by atoms with Gasteiger partial charge < -0.3 is 10.6 Å². The summed E-state index contributed by atoms with van der Waals surface area (Å²) in [5.41, 5.74) is 2.76. The number of amides is 1. The molecule has 0 aliphatic heterocycles. The lowest BCUT2D eigenvalue weighted by molar-refractivity contribution is -0.120. The van der Waals surface area contributed by atoms with Gasteiger partial charge in [0.1, 0.15) is 5.82 Å². The van der Waals surface area contributed by atoms with Crippen molar-refractivity contribution in [3.63, 3.8) is 0 Å². The Morgan fingerprint density at radius 1 is 1.00 bits per heavy atom. The quantitative estimate of drug-likeness (QED) is 0.711. The summed E-state index contributed by atoms with van der Waals surface area (Å²) in [6.07, 6.45) is 6.19. The molecule has 0 saturated heterocycles. The van der Waals surface area contributed by atoms with Crippen molar-refractivity contribution in [3.05, 3.63) is 65.5 Å². The summed E-state index contributed by atoms with van der Waals surface area (Å²) in [4.78, 5) is 11.9. The molecule has 1 aliphatic rings. The normalized spacial score (nSPS) is 14.8. The van der Waals surface area contributed by atoms with Gasteiger partial charge in [-0.2, -0.15) is 0 Å². The van der Waals surface area contributed by atoms with Gasteiger partial charge >= 0.3 is 0 Å². The van der Waals surface area contributed by atoms with Gasteiger partial charge in [-0.3, -0.25) is 4.79 Å². The third kappa shape index (κ3) is 5.32. The molecule has 2 N–H and O–H groups in total. The van der Waals surface area contributed by atoms with E-state index in [1.54, 1.807) is 12.1 Å². The molecule has 0 aromatic heterocycles. The number of hydrogen-bond acceptors (Lipinski definition) is 2. The number of carbonyl (C=O) groups is 1. The fourth-order valence-corrected chi connectivity index (χ4v) is 3.63. The Morgan fingerprint density at radius 2 is 1.77 bits per heavy atom. The maximum absolute atomic E-state index is 14.2. The van der Waals surface area contributed by atoms with Crippen molar-refractivity contribution >= 4 is 11.6 Å². The second-order valence-corrected chi connectivity index (χ2v) is 7.01. The van der Waals surface area contributed by atoms with Gasteiger partial charge in [-0.25, -0.2) is 4.39 Å². The smallest absolute Gasteiger partial charge is 0.224 e. The Labute approximate surface area is 155 Å². The lowest BCUT2D eigenvalue weighted by Crippen LogP contribution is -2.30. The number of carbonyl (C=O) groups excluding carboxylic acids is 1. The average molecular weight is 354 g/mol. The standard InChI is InChI=1S/C22H27FN2O/c23-21-12-11-19(16-20(21)18-9-5-2-6-10-18)24-13-14-25-22(26)15-17-7-3-1-4-8-17/h1,3-4,7-8,11-12,16,18,24H,2,5-6,9-10,13-15H2,(H,25,26). The van der Waals surface area contributed by atoms with Crippen molar-refractivity contribution in [3.8, 4) is 0 Å². The average Bonchev–Trinajstić information content (AvgIpc) is 2.68. The molecule has 0 bridgehead atoms. The van der Waals surface area contributed by atoms with Gasteiger partial charge in [0.2, 0.25) is 5.91 Å². The van der Waals surface area contributed by atoms with Crippen molar-refractivity contribution in [2.45, 2.75) is 44.4 Å². The van der Waals surface area contributed by atoms with E-state index in [-0.39, 0.29) is 11.7 Å². The first-order valence-corrected chi connectivity index (χ1v) is 9.56. The maximum Gasteiger partial charge on any atom is 0.224 e. The first kappa shape index (κ1) is 18.4. The van der Waals surface area contributed by atoms with Gasteiger partial charge in [0.15, 0.2) is 0 Å². The minimum absolute atomic E-state index is 0.0139. The highest BCUT2D eigenvalue weighted by molar-refractivity contribution is 5.78. The van der Waals surface area contributed by atoms with Gasteiger partial charge in [-0.15, -0.1) is 0 Å². The van der Waals surface area contributed by atoms with Crippen LogP contribution in [0, 0.1) is 5.82 Å². The molecule has 0 unspecified atom stereocenters. The topological polar surface area (TPSA) is 41.1 Å². The molecular formula is C22H27FN2O. The monoisotopic (exact) mass is 354 g/mol. The van der Waals surface area contributed by atoms with E-state index in [0.717, 1.165) is 29.7 Å². The molecule has 3 rings (SSSR count). The van der Waals surface area contributed by atoms with E-state index in [2.05, 4.69) is 10.6 Å². The Morgan fingerprint density at radius 3 is 2.54 bits per heavy atom. The van der Waals surface area contributed by atoms with Gasteiger partial charge in [0, 0.05) is 18.8 Å². The number of anilines is 1. The largest absolute Gasteiger partial charge is 0.383 e. The summed E-state index contributed by atoms with van der Waals surface area (Å²) in [5.74, 6) is 0.259. The summed E-state index contributed by atoms with van der Waals surface area (Å²) in [6.45, 7) is 1.16. The molecule has 0 atom stereocenters. The molecule has 2 aromatic carbocycles. The van der Waals surface area contributed by atoms with Crippen LogP contribution in [0.15, 0.2) is 48.5 Å². The second kappa shape index (κ2) is 9.37. The lowest BCUT2D eigenvalue weighted by atomic mass is 9.84. The number of nitrogens with one attached hydrogen (secondary N) is 2. The minimum atomic E-state index is -0.0985. The summed E-state index contributed by atoms with van der Waals surface area (Å²) < 4.78 is 14.2. The van der Waals surface area contributed by atoms with Crippen LogP contribution in [0.1, 0.15) is 49.1 Å². The molecule has 2 aromatic rings. The first-order valence-electron chi connectivity index (χ1n) is 9.56. The van der Waals surface area contributed by atoms with Crippen LogP contribution in [0.5, 0.6) is 0 Å². The minimum Gasteiger partial charge on any atom is -0.383 e. The molecule has 26 heavy (non-hydrogen) atoms. The van der Waals surface area contributed by atoms with Gasteiger partial charge in [-0.1, -0.05) is 49.6 Å². The van der Waals surface area contributed by atoms with Crippen LogP contribution in [0.2, 0.25) is 0 Å². The van der Waals surface area contributed by atoms with Crippen molar-refractivity contribution in [1.29, 1.82) is 0 Å². The fraction of sp³-hybridized carbons (Fsp3) is 0.409. The Hall–Kier alpha value is -2.36. The van der Waals surface area contributed by atoms with E-state index in [4.69, 9.17) is 0 Å². The molecule has 1 fully saturated rings. The Balaban J connectivity index is 1.45. The molecule has 4 heteroatoms. The van der Waals surface area contributed by atoms with Crippen LogP contribution in [0.4, 0.5) is 10.1 Å². The van der Waals surface area contributed by atoms with Crippen molar-refractivity contribution in [1.82, 2.24) is 5.32 Å². The molecule has 1 amide bonds. The predicted octanol–water partition coefficient (Wildman–Crippen LogP) is 4.64. The molecule has 1 aliphatic carbocycles. The van der Waals surface area contributed by atoms with E-state index in [9.17, 15) is 9.18 Å². The molecule has 3 nitrogen and oxygen atoms in total. The highest BCUT2D eigenvalue weighted by Gasteiger charge is 2.19. The molecule has 138 valence electrons. The summed E-state index contributed by atoms with van der Waals surface area (Å²) in [7, 11) is 0. The van der Waals surface area contributed by atoms with Crippen molar-refractivity contribution in [2.24, 2.45) is 0 Å². The van der Waals surface area contributed by atoms with Crippen LogP contribution in [0.25, 0.3) is 0 Å². The zero-order chi connectivity index (χ0) is 18.2. The van der Waals surface area contributed by atoms with Crippen molar-refractivity contribution in [2.75, 3.05) is 18.4 Å². The SMILES string of the molecule is O=C(Cc1ccccc1)NCCNc1ccc(F)c(C2CCCCC2)c1. The maximum atomic E-state index is 14.2. The lowest BCUT2D eigenvalue weighted by Gasteiger charge is -2.23. The van der Waals surface area contributed by atoms with Crippen LogP contribution in [-0.4, -0.2) is 19.0 Å². The van der Waals surface area contributed by atoms with Crippen LogP contribution >= 0.6 is 0 Å². The van der Waals surface area contributed by atoms with Crippen LogP contribution in [0.3, 0.4) is 0 Å². The predicted molar refractivity (Wildman–Crippen MR) is 104 cm³/mol. The molecule has 1 saturated carbocycles. The van der Waals surface area contributed by atoms with Gasteiger partial charge in [-0.05, 0) is 48.1 Å².